The van der Waals surface area contributed by atoms with E-state index >= 15 is 0 Å². The number of likely N-dealkylation sites (tertiary alicyclic amines) is 1. The van der Waals surface area contributed by atoms with Gasteiger partial charge < -0.3 is 10.6 Å². The zero-order valence-corrected chi connectivity index (χ0v) is 14.6. The summed E-state index contributed by atoms with van der Waals surface area (Å²) in [6.45, 7) is 7.22. The van der Waals surface area contributed by atoms with E-state index in [2.05, 4.69) is 11.8 Å². The molecule has 7 heteroatoms. The molecule has 120 valence electrons. The van der Waals surface area contributed by atoms with Crippen LogP contribution < -0.4 is 5.73 Å². The summed E-state index contributed by atoms with van der Waals surface area (Å²) in [5, 5.41) is 1.88. The van der Waals surface area contributed by atoms with Crippen LogP contribution in [0, 0.1) is 6.92 Å². The van der Waals surface area contributed by atoms with Gasteiger partial charge in [-0.25, -0.2) is 8.42 Å². The Bertz CT molecular complexity index is 575. The third kappa shape index (κ3) is 3.32. The molecule has 1 aromatic heterocycles. The number of nitrogens with zero attached hydrogens (tertiary/aromatic N) is 2. The maximum Gasteiger partial charge on any atom is 0.244 e. The van der Waals surface area contributed by atoms with Crippen LogP contribution in [0.5, 0.6) is 0 Å². The van der Waals surface area contributed by atoms with Gasteiger partial charge in [0.1, 0.15) is 4.90 Å². The predicted molar refractivity (Wildman–Crippen MR) is 87.0 cm³/mol. The summed E-state index contributed by atoms with van der Waals surface area (Å²) >= 11 is 1.43. The van der Waals surface area contributed by atoms with Crippen molar-refractivity contribution >= 4 is 21.4 Å². The van der Waals surface area contributed by atoms with E-state index in [1.54, 1.807) is 11.4 Å². The zero-order chi connectivity index (χ0) is 15.6. The number of hydrogen-bond acceptors (Lipinski definition) is 5. The minimum Gasteiger partial charge on any atom is -0.326 e. The Balaban J connectivity index is 2.21. The molecule has 0 saturated carbocycles. The van der Waals surface area contributed by atoms with Gasteiger partial charge in [-0.3, -0.25) is 0 Å². The van der Waals surface area contributed by atoms with Crippen molar-refractivity contribution < 1.29 is 8.42 Å². The lowest BCUT2D eigenvalue weighted by Crippen LogP contribution is -2.45. The largest absolute Gasteiger partial charge is 0.326 e. The quantitative estimate of drug-likeness (QED) is 0.890. The first-order chi connectivity index (χ1) is 9.91. The van der Waals surface area contributed by atoms with Gasteiger partial charge in [0, 0.05) is 24.5 Å². The van der Waals surface area contributed by atoms with E-state index in [1.807, 2.05) is 12.3 Å². The highest BCUT2D eigenvalue weighted by atomic mass is 32.2. The molecule has 0 bridgehead atoms. The van der Waals surface area contributed by atoms with Crippen LogP contribution in [0.3, 0.4) is 0 Å². The van der Waals surface area contributed by atoms with Crippen molar-refractivity contribution in [3.63, 3.8) is 0 Å². The van der Waals surface area contributed by atoms with Gasteiger partial charge in [-0.1, -0.05) is 6.92 Å². The lowest BCUT2D eigenvalue weighted by Gasteiger charge is -2.35. The van der Waals surface area contributed by atoms with Crippen molar-refractivity contribution in [1.82, 2.24) is 9.21 Å². The average molecular weight is 332 g/mol. The highest BCUT2D eigenvalue weighted by Gasteiger charge is 2.33. The van der Waals surface area contributed by atoms with Gasteiger partial charge >= 0.3 is 0 Å². The van der Waals surface area contributed by atoms with Crippen LogP contribution in [0.2, 0.25) is 0 Å². The Labute approximate surface area is 131 Å². The highest BCUT2D eigenvalue weighted by molar-refractivity contribution is 7.89. The van der Waals surface area contributed by atoms with Gasteiger partial charge in [0.25, 0.3) is 0 Å². The molecular formula is C14H25N3O2S2. The third-order valence-electron chi connectivity index (χ3n) is 4.33. The second-order valence-corrected chi connectivity index (χ2v) is 8.46. The molecule has 1 aliphatic rings. The molecule has 0 radical (unpaired) electrons. The molecule has 0 unspecified atom stereocenters. The molecular weight excluding hydrogens is 306 g/mol. The molecule has 1 saturated heterocycles. The normalized spacial score (nSPS) is 18.5. The maximum absolute atomic E-state index is 12.9. The summed E-state index contributed by atoms with van der Waals surface area (Å²) in [6.07, 6.45) is 1.79. The number of thiophene rings is 1. The van der Waals surface area contributed by atoms with Crippen LogP contribution in [0.25, 0.3) is 0 Å². The van der Waals surface area contributed by atoms with Crippen LogP contribution in [0.1, 0.15) is 30.2 Å². The van der Waals surface area contributed by atoms with Crippen molar-refractivity contribution in [2.24, 2.45) is 5.73 Å². The summed E-state index contributed by atoms with van der Waals surface area (Å²) in [4.78, 5) is 3.54. The summed E-state index contributed by atoms with van der Waals surface area (Å²) in [7, 11) is -1.74. The summed E-state index contributed by atoms with van der Waals surface area (Å²) in [5.41, 5.74) is 6.50. The van der Waals surface area contributed by atoms with E-state index in [0.29, 0.717) is 4.90 Å². The van der Waals surface area contributed by atoms with E-state index in [0.717, 1.165) is 42.9 Å². The molecule has 0 aliphatic carbocycles. The van der Waals surface area contributed by atoms with Gasteiger partial charge in [0.15, 0.2) is 0 Å². The molecule has 2 heterocycles. The van der Waals surface area contributed by atoms with Gasteiger partial charge in [-0.2, -0.15) is 4.31 Å². The lowest BCUT2D eigenvalue weighted by molar-refractivity contribution is 0.176. The molecule has 21 heavy (non-hydrogen) atoms. The van der Waals surface area contributed by atoms with E-state index < -0.39 is 10.0 Å². The molecule has 0 atom stereocenters. The summed E-state index contributed by atoms with van der Waals surface area (Å²) < 4.78 is 27.4. The Morgan fingerprint density at radius 1 is 1.43 bits per heavy atom. The minimum absolute atomic E-state index is 0.0859. The SMILES string of the molecule is CCN1CCC(N(C)S(=O)(=O)c2c(C)csc2CN)CC1. The van der Waals surface area contributed by atoms with E-state index in [9.17, 15) is 8.42 Å². The number of hydrogen-bond donors (Lipinski definition) is 1. The van der Waals surface area contributed by atoms with Crippen molar-refractivity contribution in [3.05, 3.63) is 15.8 Å². The standard InChI is InChI=1S/C14H25N3O2S2/c1-4-17-7-5-12(6-8-17)16(3)21(18,19)14-11(2)10-20-13(14)9-15/h10,12H,4-9,15H2,1-3H3. The molecule has 1 aliphatic heterocycles. The third-order valence-corrected chi connectivity index (χ3v) is 7.73. The molecule has 0 amide bonds. The number of sulfonamides is 1. The smallest absolute Gasteiger partial charge is 0.244 e. The Morgan fingerprint density at radius 3 is 2.57 bits per heavy atom. The fourth-order valence-electron chi connectivity index (χ4n) is 2.91. The van der Waals surface area contributed by atoms with E-state index in [-0.39, 0.29) is 12.6 Å². The van der Waals surface area contributed by atoms with Gasteiger partial charge in [-0.15, -0.1) is 11.3 Å². The van der Waals surface area contributed by atoms with Crippen LogP contribution in [-0.4, -0.2) is 50.3 Å². The molecule has 2 N–H and O–H groups in total. The Hall–Kier alpha value is -0.470. The Kier molecular flexibility index (Phi) is 5.43. The van der Waals surface area contributed by atoms with Gasteiger partial charge in [0.2, 0.25) is 10.0 Å². The van der Waals surface area contributed by atoms with Crippen LogP contribution >= 0.6 is 11.3 Å². The second kappa shape index (κ2) is 6.75. The molecule has 2 rings (SSSR count). The number of rotatable bonds is 5. The topological polar surface area (TPSA) is 66.6 Å². The van der Waals surface area contributed by atoms with Gasteiger partial charge in [-0.05, 0) is 50.3 Å². The first-order valence-electron chi connectivity index (χ1n) is 7.39. The number of aryl methyl sites for hydroxylation is 1. The zero-order valence-electron chi connectivity index (χ0n) is 13.0. The van der Waals surface area contributed by atoms with Crippen LogP contribution in [0.4, 0.5) is 0 Å². The fraction of sp³-hybridized carbons (Fsp3) is 0.714. The number of piperidine rings is 1. The van der Waals surface area contributed by atoms with Crippen molar-refractivity contribution in [3.8, 4) is 0 Å². The van der Waals surface area contributed by atoms with E-state index in [1.165, 1.54) is 11.3 Å². The second-order valence-electron chi connectivity index (χ2n) is 5.56. The highest BCUT2D eigenvalue weighted by Crippen LogP contribution is 2.31. The first kappa shape index (κ1) is 16.9. The summed E-state index contributed by atoms with van der Waals surface area (Å²) in [6, 6.07) is 0.0859. The predicted octanol–water partition coefficient (Wildman–Crippen LogP) is 1.62. The molecule has 1 aromatic rings. The summed E-state index contributed by atoms with van der Waals surface area (Å²) in [5.74, 6) is 0. The Morgan fingerprint density at radius 2 is 2.05 bits per heavy atom. The fourth-order valence-corrected chi connectivity index (χ4v) is 5.98. The average Bonchev–Trinajstić information content (AvgIpc) is 2.88. The van der Waals surface area contributed by atoms with Crippen molar-refractivity contribution in [1.29, 1.82) is 0 Å². The minimum atomic E-state index is -3.45. The van der Waals surface area contributed by atoms with Crippen molar-refractivity contribution in [2.45, 2.75) is 44.2 Å². The van der Waals surface area contributed by atoms with Gasteiger partial charge in [0.05, 0.1) is 0 Å². The monoisotopic (exact) mass is 331 g/mol. The molecule has 1 fully saturated rings. The maximum atomic E-state index is 12.9. The van der Waals surface area contributed by atoms with Crippen LogP contribution in [0.15, 0.2) is 10.3 Å². The van der Waals surface area contributed by atoms with E-state index in [4.69, 9.17) is 5.73 Å². The number of nitrogens with two attached hydrogens (primary N) is 1. The van der Waals surface area contributed by atoms with Crippen molar-refractivity contribution in [2.75, 3.05) is 26.7 Å². The molecule has 0 aromatic carbocycles. The molecule has 0 spiro atoms. The lowest BCUT2D eigenvalue weighted by atomic mass is 10.1. The van der Waals surface area contributed by atoms with Crippen LogP contribution in [-0.2, 0) is 16.6 Å². The first-order valence-corrected chi connectivity index (χ1v) is 9.71. The molecule has 5 nitrogen and oxygen atoms in total.